The number of nitrogens with one attached hydrogen (secondary N) is 1. The summed E-state index contributed by atoms with van der Waals surface area (Å²) in [4.78, 5) is 14.9. The van der Waals surface area contributed by atoms with Crippen LogP contribution in [0.25, 0.3) is 0 Å². The lowest BCUT2D eigenvalue weighted by molar-refractivity contribution is -0.151. The van der Waals surface area contributed by atoms with E-state index in [2.05, 4.69) is 37.9 Å². The molecule has 21 heavy (non-hydrogen) atoms. The van der Waals surface area contributed by atoms with Gasteiger partial charge in [0.25, 0.3) is 0 Å². The van der Waals surface area contributed by atoms with Crippen LogP contribution in [0, 0.1) is 5.92 Å². The third kappa shape index (κ3) is 5.59. The van der Waals surface area contributed by atoms with E-state index in [0.29, 0.717) is 12.6 Å². The van der Waals surface area contributed by atoms with Crippen molar-refractivity contribution in [3.8, 4) is 0 Å². The van der Waals surface area contributed by atoms with Gasteiger partial charge in [0, 0.05) is 18.6 Å². The summed E-state index contributed by atoms with van der Waals surface area (Å²) < 4.78 is 5.30. The summed E-state index contributed by atoms with van der Waals surface area (Å²) >= 11 is 0. The summed E-state index contributed by atoms with van der Waals surface area (Å²) in [5.41, 5.74) is -0.607. The maximum Gasteiger partial charge on any atom is 0.326 e. The first kappa shape index (κ1) is 18.4. The second kappa shape index (κ2) is 8.14. The predicted molar refractivity (Wildman–Crippen MR) is 87.4 cm³/mol. The first-order valence-corrected chi connectivity index (χ1v) is 8.47. The third-order valence-corrected chi connectivity index (χ3v) is 4.35. The van der Waals surface area contributed by atoms with Crippen LogP contribution in [-0.4, -0.2) is 48.2 Å². The number of nitrogens with zero attached hydrogens (tertiary/aromatic N) is 1. The van der Waals surface area contributed by atoms with Crippen molar-refractivity contribution in [1.82, 2.24) is 10.2 Å². The van der Waals surface area contributed by atoms with Crippen LogP contribution in [0.5, 0.6) is 0 Å². The Hall–Kier alpha value is -0.610. The van der Waals surface area contributed by atoms with E-state index in [0.717, 1.165) is 25.4 Å². The SMILES string of the molecule is CCOC(=O)C(C)(CC(C)N1CCCC(C)C1)NC(C)C. The highest BCUT2D eigenvalue weighted by Crippen LogP contribution is 2.24. The summed E-state index contributed by atoms with van der Waals surface area (Å²) in [6.07, 6.45) is 3.37. The smallest absolute Gasteiger partial charge is 0.326 e. The molecule has 0 aliphatic carbocycles. The molecule has 0 bridgehead atoms. The molecule has 1 heterocycles. The Labute approximate surface area is 130 Å². The van der Waals surface area contributed by atoms with Gasteiger partial charge in [0.05, 0.1) is 6.61 Å². The third-order valence-electron chi connectivity index (χ3n) is 4.35. The van der Waals surface area contributed by atoms with E-state index >= 15 is 0 Å². The molecule has 3 atom stereocenters. The first-order valence-electron chi connectivity index (χ1n) is 8.47. The lowest BCUT2D eigenvalue weighted by Crippen LogP contribution is -2.57. The minimum Gasteiger partial charge on any atom is -0.465 e. The van der Waals surface area contributed by atoms with Crippen LogP contribution in [0.2, 0.25) is 0 Å². The zero-order chi connectivity index (χ0) is 16.0. The van der Waals surface area contributed by atoms with Gasteiger partial charge in [-0.05, 0) is 66.3 Å². The van der Waals surface area contributed by atoms with Crippen molar-refractivity contribution in [2.75, 3.05) is 19.7 Å². The number of piperidine rings is 1. The molecule has 0 radical (unpaired) electrons. The molecule has 0 saturated carbocycles. The minimum absolute atomic E-state index is 0.129. The Morgan fingerprint density at radius 2 is 2.10 bits per heavy atom. The van der Waals surface area contributed by atoms with E-state index < -0.39 is 5.54 Å². The normalized spacial score (nSPS) is 24.6. The molecule has 1 aliphatic rings. The van der Waals surface area contributed by atoms with E-state index in [1.807, 2.05) is 13.8 Å². The molecule has 0 aromatic heterocycles. The number of carbonyl (C=O) groups excluding carboxylic acids is 1. The summed E-state index contributed by atoms with van der Waals surface area (Å²) in [7, 11) is 0. The number of hydrogen-bond acceptors (Lipinski definition) is 4. The zero-order valence-corrected chi connectivity index (χ0v) is 14.7. The average Bonchev–Trinajstić information content (AvgIpc) is 2.37. The largest absolute Gasteiger partial charge is 0.465 e. The molecule has 1 N–H and O–H groups in total. The molecule has 3 unspecified atom stereocenters. The second-order valence-electron chi connectivity index (χ2n) is 7.15. The number of carbonyl (C=O) groups is 1. The highest BCUT2D eigenvalue weighted by atomic mass is 16.5. The van der Waals surface area contributed by atoms with Gasteiger partial charge in [-0.1, -0.05) is 6.92 Å². The number of rotatable bonds is 7. The summed E-state index contributed by atoms with van der Waals surface area (Å²) in [5.74, 6) is 0.628. The molecular formula is C17H34N2O2. The Balaban J connectivity index is 2.72. The van der Waals surface area contributed by atoms with Gasteiger partial charge in [-0.15, -0.1) is 0 Å². The quantitative estimate of drug-likeness (QED) is 0.734. The summed E-state index contributed by atoms with van der Waals surface area (Å²) in [6.45, 7) is 15.3. The van der Waals surface area contributed by atoms with Gasteiger partial charge in [-0.2, -0.15) is 0 Å². The predicted octanol–water partition coefficient (Wildman–Crippen LogP) is 2.82. The average molecular weight is 298 g/mol. The maximum absolute atomic E-state index is 12.4. The van der Waals surface area contributed by atoms with Crippen LogP contribution in [0.15, 0.2) is 0 Å². The van der Waals surface area contributed by atoms with Crippen molar-refractivity contribution in [3.05, 3.63) is 0 Å². The summed E-state index contributed by atoms with van der Waals surface area (Å²) in [6, 6.07) is 0.639. The number of hydrogen-bond donors (Lipinski definition) is 1. The fraction of sp³-hybridized carbons (Fsp3) is 0.941. The van der Waals surface area contributed by atoms with Crippen LogP contribution in [-0.2, 0) is 9.53 Å². The molecule has 0 spiro atoms. The molecule has 4 nitrogen and oxygen atoms in total. The van der Waals surface area contributed by atoms with E-state index in [4.69, 9.17) is 4.74 Å². The van der Waals surface area contributed by atoms with Crippen molar-refractivity contribution < 1.29 is 9.53 Å². The Morgan fingerprint density at radius 1 is 1.43 bits per heavy atom. The number of esters is 1. The molecular weight excluding hydrogens is 264 g/mol. The standard InChI is InChI=1S/C17H34N2O2/c1-7-21-16(20)17(6,18-13(2)3)11-15(5)19-10-8-9-14(4)12-19/h13-15,18H,7-12H2,1-6H3. The lowest BCUT2D eigenvalue weighted by Gasteiger charge is -2.40. The van der Waals surface area contributed by atoms with Crippen LogP contribution in [0.3, 0.4) is 0 Å². The topological polar surface area (TPSA) is 41.6 Å². The van der Waals surface area contributed by atoms with E-state index in [-0.39, 0.29) is 12.0 Å². The van der Waals surface area contributed by atoms with E-state index in [9.17, 15) is 4.79 Å². The van der Waals surface area contributed by atoms with Crippen molar-refractivity contribution in [3.63, 3.8) is 0 Å². The highest BCUT2D eigenvalue weighted by Gasteiger charge is 2.38. The molecule has 4 heteroatoms. The zero-order valence-electron chi connectivity index (χ0n) is 14.7. The van der Waals surface area contributed by atoms with Gasteiger partial charge in [0.2, 0.25) is 0 Å². The van der Waals surface area contributed by atoms with Gasteiger partial charge in [0.1, 0.15) is 5.54 Å². The van der Waals surface area contributed by atoms with Gasteiger partial charge >= 0.3 is 5.97 Å². The highest BCUT2D eigenvalue weighted by molar-refractivity contribution is 5.80. The Morgan fingerprint density at radius 3 is 2.62 bits per heavy atom. The first-order chi connectivity index (χ1) is 9.78. The molecule has 0 aromatic rings. The molecule has 1 fully saturated rings. The van der Waals surface area contributed by atoms with Gasteiger partial charge in [-0.3, -0.25) is 10.1 Å². The fourth-order valence-corrected chi connectivity index (χ4v) is 3.47. The van der Waals surface area contributed by atoms with Crippen molar-refractivity contribution in [2.45, 2.75) is 78.4 Å². The Bertz CT molecular complexity index is 333. The van der Waals surface area contributed by atoms with Crippen molar-refractivity contribution >= 4 is 5.97 Å². The van der Waals surface area contributed by atoms with Gasteiger partial charge in [-0.25, -0.2) is 0 Å². The monoisotopic (exact) mass is 298 g/mol. The molecule has 0 amide bonds. The van der Waals surface area contributed by atoms with Crippen LogP contribution < -0.4 is 5.32 Å². The molecule has 1 aliphatic heterocycles. The number of ether oxygens (including phenoxy) is 1. The van der Waals surface area contributed by atoms with Gasteiger partial charge in [0.15, 0.2) is 0 Å². The minimum atomic E-state index is -0.607. The van der Waals surface area contributed by atoms with Crippen molar-refractivity contribution in [2.24, 2.45) is 5.92 Å². The van der Waals surface area contributed by atoms with Crippen LogP contribution in [0.1, 0.15) is 60.8 Å². The van der Waals surface area contributed by atoms with Crippen LogP contribution >= 0.6 is 0 Å². The fourth-order valence-electron chi connectivity index (χ4n) is 3.47. The summed E-state index contributed by atoms with van der Waals surface area (Å²) in [5, 5.41) is 3.42. The molecule has 1 rings (SSSR count). The maximum atomic E-state index is 12.4. The van der Waals surface area contributed by atoms with E-state index in [1.165, 1.54) is 12.8 Å². The molecule has 124 valence electrons. The number of likely N-dealkylation sites (tertiary alicyclic amines) is 1. The Kier molecular flexibility index (Phi) is 7.14. The van der Waals surface area contributed by atoms with Crippen molar-refractivity contribution in [1.29, 1.82) is 0 Å². The second-order valence-corrected chi connectivity index (χ2v) is 7.15. The van der Waals surface area contributed by atoms with Crippen LogP contribution in [0.4, 0.5) is 0 Å². The lowest BCUT2D eigenvalue weighted by atomic mass is 9.90. The molecule has 1 saturated heterocycles. The molecule has 0 aromatic carbocycles. The van der Waals surface area contributed by atoms with Gasteiger partial charge < -0.3 is 9.64 Å². The van der Waals surface area contributed by atoms with E-state index in [1.54, 1.807) is 0 Å².